The van der Waals surface area contributed by atoms with Crippen molar-refractivity contribution >= 4 is 11.7 Å². The number of hydrogen-bond donors (Lipinski definition) is 1. The molecule has 0 radical (unpaired) electrons. The van der Waals surface area contributed by atoms with Gasteiger partial charge in [0.25, 0.3) is 0 Å². The zero-order valence-electron chi connectivity index (χ0n) is 16.5. The molecule has 1 aromatic rings. The van der Waals surface area contributed by atoms with Crippen LogP contribution in [0, 0.1) is 0 Å². The number of hydrogen-bond acceptors (Lipinski definition) is 3. The molecule has 136 valence electrons. The summed E-state index contributed by atoms with van der Waals surface area (Å²) < 4.78 is 0. The van der Waals surface area contributed by atoms with Gasteiger partial charge in [-0.15, -0.1) is 0 Å². The van der Waals surface area contributed by atoms with Gasteiger partial charge in [-0.05, 0) is 37.5 Å². The SMILES string of the molecule is CCCCCCCCCCCCc1ccc(NC(C)C(=O)[O-])cc1.[K+]. The molecule has 0 heterocycles. The molecule has 0 amide bonds. The first-order valence-electron chi connectivity index (χ1n) is 9.69. The first kappa shape index (κ1) is 25.1. The molecule has 0 fully saturated rings. The fourth-order valence-electron chi connectivity index (χ4n) is 2.89. The van der Waals surface area contributed by atoms with Crippen molar-refractivity contribution in [2.24, 2.45) is 0 Å². The molecule has 0 bridgehead atoms. The molecule has 1 rings (SSSR count). The molecule has 3 nitrogen and oxygen atoms in total. The molecule has 0 aliphatic heterocycles. The molecule has 1 aromatic carbocycles. The third kappa shape index (κ3) is 13.0. The van der Waals surface area contributed by atoms with Gasteiger partial charge in [-0.1, -0.05) is 76.8 Å². The summed E-state index contributed by atoms with van der Waals surface area (Å²) in [5.74, 6) is -1.08. The minimum absolute atomic E-state index is 0. The van der Waals surface area contributed by atoms with Gasteiger partial charge in [-0.25, -0.2) is 0 Å². The Morgan fingerprint density at radius 2 is 1.40 bits per heavy atom. The fourth-order valence-corrected chi connectivity index (χ4v) is 2.89. The molecule has 0 aliphatic carbocycles. The summed E-state index contributed by atoms with van der Waals surface area (Å²) in [6, 6.07) is 7.39. The van der Waals surface area contributed by atoms with Crippen molar-refractivity contribution in [2.75, 3.05) is 5.32 Å². The van der Waals surface area contributed by atoms with Crippen LogP contribution in [-0.2, 0) is 11.2 Å². The average Bonchev–Trinajstić information content (AvgIpc) is 2.58. The summed E-state index contributed by atoms with van der Waals surface area (Å²) >= 11 is 0. The molecule has 1 N–H and O–H groups in total. The summed E-state index contributed by atoms with van der Waals surface area (Å²) in [5, 5.41) is 13.6. The van der Waals surface area contributed by atoms with E-state index in [1.54, 1.807) is 6.92 Å². The van der Waals surface area contributed by atoms with E-state index in [1.165, 1.54) is 69.8 Å². The van der Waals surface area contributed by atoms with E-state index in [1.807, 2.05) is 12.1 Å². The maximum Gasteiger partial charge on any atom is 1.00 e. The van der Waals surface area contributed by atoms with Gasteiger partial charge in [0, 0.05) is 5.69 Å². The van der Waals surface area contributed by atoms with Gasteiger partial charge in [0.05, 0.1) is 12.0 Å². The Kier molecular flexibility index (Phi) is 16.4. The summed E-state index contributed by atoms with van der Waals surface area (Å²) in [6.07, 6.45) is 14.7. The van der Waals surface area contributed by atoms with Crippen molar-refractivity contribution in [3.05, 3.63) is 29.8 Å². The topological polar surface area (TPSA) is 52.2 Å². The molecule has 0 aromatic heterocycles. The summed E-state index contributed by atoms with van der Waals surface area (Å²) in [7, 11) is 0. The number of carbonyl (C=O) groups excluding carboxylic acids is 1. The van der Waals surface area contributed by atoms with Crippen LogP contribution < -0.4 is 61.8 Å². The smallest absolute Gasteiger partial charge is 0.548 e. The van der Waals surface area contributed by atoms with Crippen LogP contribution in [-0.4, -0.2) is 12.0 Å². The van der Waals surface area contributed by atoms with Gasteiger partial charge in [0.2, 0.25) is 0 Å². The number of rotatable bonds is 14. The van der Waals surface area contributed by atoms with Gasteiger partial charge in [0.15, 0.2) is 0 Å². The Balaban J connectivity index is 0.00000576. The van der Waals surface area contributed by atoms with Crippen molar-refractivity contribution < 1.29 is 61.3 Å². The molecule has 0 saturated carbocycles. The van der Waals surface area contributed by atoms with Gasteiger partial charge in [-0.2, -0.15) is 0 Å². The second kappa shape index (κ2) is 16.3. The molecule has 1 atom stereocenters. The second-order valence-corrected chi connectivity index (χ2v) is 6.81. The Morgan fingerprint density at radius 3 is 1.88 bits per heavy atom. The van der Waals surface area contributed by atoms with E-state index >= 15 is 0 Å². The van der Waals surface area contributed by atoms with Crippen molar-refractivity contribution in [3.63, 3.8) is 0 Å². The number of benzene rings is 1. The van der Waals surface area contributed by atoms with E-state index in [2.05, 4.69) is 24.4 Å². The monoisotopic (exact) mass is 371 g/mol. The predicted molar refractivity (Wildman–Crippen MR) is 100 cm³/mol. The van der Waals surface area contributed by atoms with E-state index in [9.17, 15) is 9.90 Å². The van der Waals surface area contributed by atoms with E-state index < -0.39 is 12.0 Å². The number of carboxylic acid groups (broad SMARTS) is 1. The number of carboxylic acids is 1. The van der Waals surface area contributed by atoms with Crippen LogP contribution in [0.3, 0.4) is 0 Å². The molecule has 0 aliphatic rings. The van der Waals surface area contributed by atoms with E-state index in [0.717, 1.165) is 12.1 Å². The van der Waals surface area contributed by atoms with Gasteiger partial charge >= 0.3 is 51.4 Å². The van der Waals surface area contributed by atoms with E-state index in [-0.39, 0.29) is 51.4 Å². The first-order chi connectivity index (χ1) is 11.6. The largest absolute Gasteiger partial charge is 1.00 e. The summed E-state index contributed by atoms with van der Waals surface area (Å²) in [4.78, 5) is 10.7. The summed E-state index contributed by atoms with van der Waals surface area (Å²) in [6.45, 7) is 3.85. The number of carbonyl (C=O) groups is 1. The van der Waals surface area contributed by atoms with Crippen LogP contribution >= 0.6 is 0 Å². The Labute approximate surface area is 196 Å². The zero-order valence-corrected chi connectivity index (χ0v) is 19.6. The molecular weight excluding hydrogens is 337 g/mol. The number of anilines is 1. The van der Waals surface area contributed by atoms with Gasteiger partial charge in [0.1, 0.15) is 0 Å². The molecule has 25 heavy (non-hydrogen) atoms. The molecule has 0 spiro atoms. The number of nitrogens with one attached hydrogen (secondary N) is 1. The van der Waals surface area contributed by atoms with E-state index in [4.69, 9.17) is 0 Å². The maximum absolute atomic E-state index is 10.7. The normalized spacial score (nSPS) is 11.6. The van der Waals surface area contributed by atoms with Gasteiger partial charge < -0.3 is 15.2 Å². The van der Waals surface area contributed by atoms with Crippen LogP contribution in [0.2, 0.25) is 0 Å². The van der Waals surface area contributed by atoms with E-state index in [0.29, 0.717) is 0 Å². The third-order valence-corrected chi connectivity index (χ3v) is 4.51. The van der Waals surface area contributed by atoms with Gasteiger partial charge in [-0.3, -0.25) is 0 Å². The molecular formula is C21H34KNO2. The number of unbranched alkanes of at least 4 members (excludes halogenated alkanes) is 9. The van der Waals surface area contributed by atoms with Crippen LogP contribution in [0.25, 0.3) is 0 Å². The first-order valence-corrected chi connectivity index (χ1v) is 9.69. The van der Waals surface area contributed by atoms with Crippen LogP contribution in [0.15, 0.2) is 24.3 Å². The Hall–Kier alpha value is 0.126. The maximum atomic E-state index is 10.7. The van der Waals surface area contributed by atoms with Crippen molar-refractivity contribution in [2.45, 2.75) is 90.5 Å². The fraction of sp³-hybridized carbons (Fsp3) is 0.667. The number of aryl methyl sites for hydroxylation is 1. The zero-order chi connectivity index (χ0) is 17.6. The standard InChI is InChI=1S/C21H35NO2.K/c1-3-4-5-6-7-8-9-10-11-12-13-19-14-16-20(17-15-19)22-18(2)21(23)24;/h14-18,22H,3-13H2,1-2H3,(H,23,24);/q;+1/p-1. The van der Waals surface area contributed by atoms with Crippen molar-refractivity contribution in [1.29, 1.82) is 0 Å². The van der Waals surface area contributed by atoms with Crippen molar-refractivity contribution in [1.82, 2.24) is 0 Å². The minimum Gasteiger partial charge on any atom is -0.548 e. The average molecular weight is 372 g/mol. The number of aliphatic carboxylic acids is 1. The van der Waals surface area contributed by atoms with Crippen molar-refractivity contribution in [3.8, 4) is 0 Å². The molecule has 1 unspecified atom stereocenters. The Bertz CT molecular complexity index is 448. The second-order valence-electron chi connectivity index (χ2n) is 6.81. The Morgan fingerprint density at radius 1 is 0.920 bits per heavy atom. The summed E-state index contributed by atoms with van der Waals surface area (Å²) in [5.41, 5.74) is 2.15. The molecule has 0 saturated heterocycles. The molecule has 4 heteroatoms. The third-order valence-electron chi connectivity index (χ3n) is 4.51. The van der Waals surface area contributed by atoms with Crippen LogP contribution in [0.1, 0.15) is 83.6 Å². The predicted octanol–water partition coefficient (Wildman–Crippen LogP) is 1.70. The quantitative estimate of drug-likeness (QED) is 0.400. The van der Waals surface area contributed by atoms with Crippen LogP contribution in [0.4, 0.5) is 5.69 Å². The van der Waals surface area contributed by atoms with Crippen LogP contribution in [0.5, 0.6) is 0 Å². The minimum atomic E-state index is -1.08.